The maximum atomic E-state index is 14.0. The summed E-state index contributed by atoms with van der Waals surface area (Å²) in [6.07, 6.45) is 1.05. The topological polar surface area (TPSA) is 86.8 Å². The Kier molecular flexibility index (Phi) is 9.98. The molecule has 0 bridgehead atoms. The van der Waals surface area contributed by atoms with Gasteiger partial charge in [0.2, 0.25) is 21.8 Å². The van der Waals surface area contributed by atoms with Gasteiger partial charge < -0.3 is 10.2 Å². The minimum Gasteiger partial charge on any atom is -0.355 e. The van der Waals surface area contributed by atoms with Crippen molar-refractivity contribution in [3.8, 4) is 0 Å². The van der Waals surface area contributed by atoms with Crippen LogP contribution in [0.4, 0.5) is 14.5 Å². The molecule has 0 radical (unpaired) electrons. The third-order valence-electron chi connectivity index (χ3n) is 5.76. The van der Waals surface area contributed by atoms with Gasteiger partial charge in [-0.05, 0) is 42.3 Å². The highest BCUT2D eigenvalue weighted by atomic mass is 79.9. The van der Waals surface area contributed by atoms with Crippen molar-refractivity contribution in [1.29, 1.82) is 0 Å². The molecule has 0 saturated heterocycles. The molecule has 7 nitrogen and oxygen atoms in total. The second-order valence-corrected chi connectivity index (χ2v) is 11.4. The fraction of sp³-hybridized carbons (Fsp3) is 0.259. The Morgan fingerprint density at radius 2 is 1.61 bits per heavy atom. The number of carbonyl (C=O) groups excluding carboxylic acids is 2. The van der Waals surface area contributed by atoms with Crippen molar-refractivity contribution in [3.05, 3.63) is 100 Å². The average molecular weight is 609 g/mol. The molecule has 0 saturated carbocycles. The van der Waals surface area contributed by atoms with E-state index in [2.05, 4.69) is 21.2 Å². The number of likely N-dealkylation sites (N-methyl/N-ethyl adjacent to an activating group) is 1. The number of rotatable bonds is 11. The van der Waals surface area contributed by atoms with Crippen molar-refractivity contribution < 1.29 is 26.8 Å². The van der Waals surface area contributed by atoms with E-state index in [-0.39, 0.29) is 18.7 Å². The highest BCUT2D eigenvalue weighted by Gasteiger charge is 2.33. The van der Waals surface area contributed by atoms with Crippen molar-refractivity contribution in [3.63, 3.8) is 0 Å². The highest BCUT2D eigenvalue weighted by molar-refractivity contribution is 9.10. The molecule has 0 aromatic heterocycles. The molecule has 38 heavy (non-hydrogen) atoms. The molecule has 1 atom stereocenters. The molecule has 0 aliphatic heterocycles. The van der Waals surface area contributed by atoms with E-state index in [9.17, 15) is 26.8 Å². The van der Waals surface area contributed by atoms with Crippen LogP contribution in [0.3, 0.4) is 0 Å². The number of hydrogen-bond acceptors (Lipinski definition) is 4. The van der Waals surface area contributed by atoms with E-state index in [4.69, 9.17) is 0 Å². The molecule has 0 aliphatic rings. The maximum absolute atomic E-state index is 14.0. The molecule has 0 fully saturated rings. The Morgan fingerprint density at radius 1 is 0.947 bits per heavy atom. The summed E-state index contributed by atoms with van der Waals surface area (Å²) in [5.74, 6) is -3.49. The summed E-state index contributed by atoms with van der Waals surface area (Å²) in [5.41, 5.74) is 1.31. The van der Waals surface area contributed by atoms with Crippen LogP contribution >= 0.6 is 15.9 Å². The van der Waals surface area contributed by atoms with Gasteiger partial charge in [0.1, 0.15) is 12.6 Å². The number of sulfonamides is 1. The van der Waals surface area contributed by atoms with Crippen molar-refractivity contribution in [2.75, 3.05) is 23.7 Å². The van der Waals surface area contributed by atoms with E-state index in [1.54, 1.807) is 31.2 Å². The van der Waals surface area contributed by atoms with Crippen LogP contribution in [0.15, 0.2) is 77.3 Å². The Hall–Kier alpha value is -3.31. The number of nitrogens with one attached hydrogen (secondary N) is 1. The minimum atomic E-state index is -4.08. The van der Waals surface area contributed by atoms with E-state index in [1.807, 2.05) is 30.3 Å². The number of carbonyl (C=O) groups is 2. The largest absolute Gasteiger partial charge is 0.355 e. The zero-order chi connectivity index (χ0) is 27.9. The summed E-state index contributed by atoms with van der Waals surface area (Å²) < 4.78 is 54.3. The first-order valence-electron chi connectivity index (χ1n) is 11.8. The summed E-state index contributed by atoms with van der Waals surface area (Å²) in [6, 6.07) is 17.9. The quantitative estimate of drug-likeness (QED) is 0.353. The Bertz CT molecular complexity index is 1370. The van der Waals surface area contributed by atoms with Crippen LogP contribution in [0.25, 0.3) is 0 Å². The third kappa shape index (κ3) is 7.84. The minimum absolute atomic E-state index is 0.0100. The number of hydrogen-bond donors (Lipinski definition) is 1. The van der Waals surface area contributed by atoms with Gasteiger partial charge in [-0.3, -0.25) is 13.9 Å². The van der Waals surface area contributed by atoms with Gasteiger partial charge >= 0.3 is 0 Å². The summed E-state index contributed by atoms with van der Waals surface area (Å²) in [7, 11) is -4.08. The first-order chi connectivity index (χ1) is 18.0. The van der Waals surface area contributed by atoms with Gasteiger partial charge in [-0.25, -0.2) is 17.2 Å². The molecule has 11 heteroatoms. The van der Waals surface area contributed by atoms with Crippen LogP contribution in [0.5, 0.6) is 0 Å². The second kappa shape index (κ2) is 13.0. The van der Waals surface area contributed by atoms with Gasteiger partial charge in [0.15, 0.2) is 11.6 Å². The fourth-order valence-electron chi connectivity index (χ4n) is 3.89. The number of nitrogens with zero attached hydrogens (tertiary/aromatic N) is 2. The lowest BCUT2D eigenvalue weighted by atomic mass is 10.0. The summed E-state index contributed by atoms with van der Waals surface area (Å²) in [6.45, 7) is 1.38. The molecular weight excluding hydrogens is 580 g/mol. The lowest BCUT2D eigenvalue weighted by Gasteiger charge is -2.33. The van der Waals surface area contributed by atoms with Gasteiger partial charge in [0.05, 0.1) is 11.9 Å². The van der Waals surface area contributed by atoms with E-state index >= 15 is 0 Å². The van der Waals surface area contributed by atoms with Gasteiger partial charge in [-0.2, -0.15) is 0 Å². The lowest BCUT2D eigenvalue weighted by molar-refractivity contribution is -0.140. The Balaban J connectivity index is 2.04. The van der Waals surface area contributed by atoms with Gasteiger partial charge in [-0.15, -0.1) is 0 Å². The lowest BCUT2D eigenvalue weighted by Crippen LogP contribution is -2.53. The van der Waals surface area contributed by atoms with Crippen LogP contribution < -0.4 is 9.62 Å². The SMILES string of the molecule is CCNC(=O)[C@@H](Cc1ccccc1)N(Cc1ccc(Br)cc1)C(=O)CN(c1ccc(F)c(F)c1)S(C)(=O)=O. The molecule has 0 heterocycles. The van der Waals surface area contributed by atoms with Gasteiger partial charge in [-0.1, -0.05) is 58.4 Å². The molecular formula is C27H28BrF2N3O4S. The second-order valence-electron chi connectivity index (χ2n) is 8.62. The van der Waals surface area contributed by atoms with E-state index in [1.165, 1.54) is 4.90 Å². The molecule has 0 spiro atoms. The zero-order valence-corrected chi connectivity index (χ0v) is 23.3. The third-order valence-corrected chi connectivity index (χ3v) is 7.43. The summed E-state index contributed by atoms with van der Waals surface area (Å²) in [4.78, 5) is 28.4. The highest BCUT2D eigenvalue weighted by Crippen LogP contribution is 2.23. The van der Waals surface area contributed by atoms with Crippen LogP contribution in [-0.4, -0.2) is 50.5 Å². The molecule has 0 aliphatic carbocycles. The predicted octanol–water partition coefficient (Wildman–Crippen LogP) is 4.27. The molecule has 202 valence electrons. The number of anilines is 1. The van der Waals surface area contributed by atoms with E-state index in [0.717, 1.165) is 28.4 Å². The van der Waals surface area contributed by atoms with Crippen molar-refractivity contribution in [1.82, 2.24) is 10.2 Å². The molecule has 1 N–H and O–H groups in total. The van der Waals surface area contributed by atoms with Crippen LogP contribution in [0.1, 0.15) is 18.1 Å². The van der Waals surface area contributed by atoms with Crippen molar-refractivity contribution >= 4 is 43.5 Å². The predicted molar refractivity (Wildman–Crippen MR) is 146 cm³/mol. The van der Waals surface area contributed by atoms with Crippen LogP contribution in [0.2, 0.25) is 0 Å². The summed E-state index contributed by atoms with van der Waals surface area (Å²) in [5, 5.41) is 2.76. The number of benzene rings is 3. The molecule has 3 aromatic rings. The van der Waals surface area contributed by atoms with E-state index in [0.29, 0.717) is 22.5 Å². The van der Waals surface area contributed by atoms with E-state index < -0.39 is 46.1 Å². The van der Waals surface area contributed by atoms with Gasteiger partial charge in [0.25, 0.3) is 0 Å². The summed E-state index contributed by atoms with van der Waals surface area (Å²) >= 11 is 3.37. The first kappa shape index (κ1) is 29.2. The average Bonchev–Trinajstić information content (AvgIpc) is 2.87. The van der Waals surface area contributed by atoms with Crippen molar-refractivity contribution in [2.45, 2.75) is 25.9 Å². The van der Waals surface area contributed by atoms with Crippen LogP contribution in [-0.2, 0) is 32.6 Å². The van der Waals surface area contributed by atoms with Crippen LogP contribution in [0, 0.1) is 11.6 Å². The Labute approximate surface area is 229 Å². The standard InChI is InChI=1S/C27H28BrF2N3O4S/c1-3-31-27(35)25(15-19-7-5-4-6-8-19)32(17-20-9-11-21(28)12-10-20)26(34)18-33(38(2,36)37)22-13-14-23(29)24(30)16-22/h4-14,16,25H,3,15,17-18H2,1-2H3,(H,31,35)/t25-/m1/s1. The first-order valence-corrected chi connectivity index (χ1v) is 14.4. The molecule has 0 unspecified atom stereocenters. The number of halogens is 3. The fourth-order valence-corrected chi connectivity index (χ4v) is 4.99. The maximum Gasteiger partial charge on any atom is 0.244 e. The monoisotopic (exact) mass is 607 g/mol. The molecule has 2 amide bonds. The number of amides is 2. The molecule has 3 rings (SSSR count). The van der Waals surface area contributed by atoms with Gasteiger partial charge in [0, 0.05) is 30.0 Å². The smallest absolute Gasteiger partial charge is 0.244 e. The zero-order valence-electron chi connectivity index (χ0n) is 20.9. The molecule has 3 aromatic carbocycles. The normalized spacial score (nSPS) is 12.0. The van der Waals surface area contributed by atoms with Crippen molar-refractivity contribution in [2.24, 2.45) is 0 Å². The Morgan fingerprint density at radius 3 is 2.18 bits per heavy atom.